The maximum absolute atomic E-state index is 10.9. The van der Waals surface area contributed by atoms with E-state index in [0.717, 1.165) is 4.47 Å². The van der Waals surface area contributed by atoms with Crippen molar-refractivity contribution in [3.63, 3.8) is 0 Å². The molecule has 1 aromatic heterocycles. The molecule has 0 atom stereocenters. The summed E-state index contributed by atoms with van der Waals surface area (Å²) in [5, 5.41) is 0. The molecule has 0 spiro atoms. The first-order valence-electron chi connectivity index (χ1n) is 3.09. The number of Topliss-reactive ketones (excluding diaryl/α,β-unsaturated/α-hetero) is 1. The highest BCUT2D eigenvalue weighted by atomic mass is 79.9. The number of carbonyl (C=O) groups is 1. The minimum Gasteiger partial charge on any atom is -0.324 e. The minimum atomic E-state index is -0.141. The highest BCUT2D eigenvalue weighted by molar-refractivity contribution is 9.10. The molecule has 1 heterocycles. The third kappa shape index (κ3) is 2.10. The van der Waals surface area contributed by atoms with Crippen LogP contribution in [0.1, 0.15) is 10.5 Å². The van der Waals surface area contributed by atoms with E-state index >= 15 is 0 Å². The number of nitrogens with zero attached hydrogens (tertiary/aromatic N) is 1. The topological polar surface area (TPSA) is 56.0 Å². The van der Waals surface area contributed by atoms with Gasteiger partial charge in [0.15, 0.2) is 5.78 Å². The van der Waals surface area contributed by atoms with Gasteiger partial charge in [-0.05, 0) is 28.1 Å². The van der Waals surface area contributed by atoms with Gasteiger partial charge in [-0.25, -0.2) is 0 Å². The average molecular weight is 215 g/mol. The van der Waals surface area contributed by atoms with E-state index in [2.05, 4.69) is 20.9 Å². The maximum Gasteiger partial charge on any atom is 0.194 e. The molecule has 1 rings (SSSR count). The Hall–Kier alpha value is -0.740. The van der Waals surface area contributed by atoms with Gasteiger partial charge < -0.3 is 5.73 Å². The summed E-state index contributed by atoms with van der Waals surface area (Å²) >= 11 is 3.21. The number of hydrogen-bond acceptors (Lipinski definition) is 3. The smallest absolute Gasteiger partial charge is 0.194 e. The number of aromatic nitrogens is 1. The fourth-order valence-electron chi connectivity index (χ4n) is 0.645. The molecule has 0 radical (unpaired) electrons. The van der Waals surface area contributed by atoms with E-state index in [1.54, 1.807) is 18.3 Å². The fraction of sp³-hybridized carbons (Fsp3) is 0.143. The van der Waals surface area contributed by atoms with Crippen LogP contribution in [0.4, 0.5) is 0 Å². The molecule has 0 aliphatic rings. The molecule has 2 N–H and O–H groups in total. The van der Waals surface area contributed by atoms with Gasteiger partial charge in [0.05, 0.1) is 6.54 Å². The lowest BCUT2D eigenvalue weighted by atomic mass is 10.2. The van der Waals surface area contributed by atoms with E-state index < -0.39 is 0 Å². The molecular formula is C7H7BrN2O. The minimum absolute atomic E-state index is 0.00856. The predicted molar refractivity (Wildman–Crippen MR) is 45.3 cm³/mol. The van der Waals surface area contributed by atoms with Gasteiger partial charge in [-0.2, -0.15) is 0 Å². The number of carbonyl (C=O) groups excluding carboxylic acids is 1. The average Bonchev–Trinajstić information content (AvgIpc) is 2.05. The van der Waals surface area contributed by atoms with Crippen molar-refractivity contribution in [2.45, 2.75) is 0 Å². The third-order valence-corrected chi connectivity index (χ3v) is 1.67. The van der Waals surface area contributed by atoms with E-state index in [1.165, 1.54) is 0 Å². The molecule has 3 nitrogen and oxygen atoms in total. The summed E-state index contributed by atoms with van der Waals surface area (Å²) in [5.41, 5.74) is 5.55. The summed E-state index contributed by atoms with van der Waals surface area (Å²) in [6.45, 7) is 0.00856. The van der Waals surface area contributed by atoms with Crippen LogP contribution < -0.4 is 5.73 Å². The number of hydrogen-bond donors (Lipinski definition) is 1. The molecule has 1 aromatic rings. The van der Waals surface area contributed by atoms with Crippen molar-refractivity contribution in [1.82, 2.24) is 4.98 Å². The van der Waals surface area contributed by atoms with Crippen LogP contribution in [0.5, 0.6) is 0 Å². The lowest BCUT2D eigenvalue weighted by Gasteiger charge is -1.95. The molecule has 58 valence electrons. The third-order valence-electron chi connectivity index (χ3n) is 1.20. The van der Waals surface area contributed by atoms with E-state index in [-0.39, 0.29) is 12.3 Å². The van der Waals surface area contributed by atoms with Crippen LogP contribution in [0.2, 0.25) is 0 Å². The molecule has 0 unspecified atom stereocenters. The van der Waals surface area contributed by atoms with Crippen LogP contribution in [0, 0.1) is 0 Å². The summed E-state index contributed by atoms with van der Waals surface area (Å²) in [7, 11) is 0. The molecule has 4 heteroatoms. The van der Waals surface area contributed by atoms with Crippen molar-refractivity contribution >= 4 is 21.7 Å². The van der Waals surface area contributed by atoms with Gasteiger partial charge in [0.25, 0.3) is 0 Å². The fourth-order valence-corrected chi connectivity index (χ4v) is 0.880. The molecular weight excluding hydrogens is 208 g/mol. The van der Waals surface area contributed by atoms with Crippen LogP contribution in [-0.2, 0) is 0 Å². The lowest BCUT2D eigenvalue weighted by molar-refractivity contribution is 0.0996. The molecule has 11 heavy (non-hydrogen) atoms. The lowest BCUT2D eigenvalue weighted by Crippen LogP contribution is -2.14. The van der Waals surface area contributed by atoms with E-state index in [0.29, 0.717) is 5.69 Å². The molecule has 0 fully saturated rings. The van der Waals surface area contributed by atoms with Crippen molar-refractivity contribution in [1.29, 1.82) is 0 Å². The Balaban J connectivity index is 2.90. The summed E-state index contributed by atoms with van der Waals surface area (Å²) in [6, 6.07) is 3.40. The Kier molecular flexibility index (Phi) is 2.73. The Morgan fingerprint density at radius 3 is 2.82 bits per heavy atom. The highest BCUT2D eigenvalue weighted by Crippen LogP contribution is 2.07. The van der Waals surface area contributed by atoms with Gasteiger partial charge in [-0.1, -0.05) is 0 Å². The van der Waals surface area contributed by atoms with Crippen LogP contribution in [0.3, 0.4) is 0 Å². The van der Waals surface area contributed by atoms with Crippen LogP contribution in [-0.4, -0.2) is 17.3 Å². The predicted octanol–water partition coefficient (Wildman–Crippen LogP) is 0.986. The Morgan fingerprint density at radius 2 is 2.36 bits per heavy atom. The molecule has 0 saturated heterocycles. The zero-order valence-corrected chi connectivity index (χ0v) is 7.34. The first-order valence-corrected chi connectivity index (χ1v) is 3.88. The van der Waals surface area contributed by atoms with Crippen LogP contribution in [0.25, 0.3) is 0 Å². The second-order valence-electron chi connectivity index (χ2n) is 1.99. The van der Waals surface area contributed by atoms with Gasteiger partial charge in [-0.3, -0.25) is 9.78 Å². The number of rotatable bonds is 2. The van der Waals surface area contributed by atoms with Crippen LogP contribution >= 0.6 is 15.9 Å². The summed E-state index contributed by atoms with van der Waals surface area (Å²) in [4.78, 5) is 14.8. The number of nitrogens with two attached hydrogens (primary N) is 1. The number of ketones is 1. The van der Waals surface area contributed by atoms with E-state index in [9.17, 15) is 4.79 Å². The molecule has 0 aliphatic heterocycles. The Morgan fingerprint density at radius 1 is 1.64 bits per heavy atom. The van der Waals surface area contributed by atoms with Gasteiger partial charge in [0.2, 0.25) is 0 Å². The summed E-state index contributed by atoms with van der Waals surface area (Å²) in [5.74, 6) is -0.141. The molecule has 0 amide bonds. The number of halogens is 1. The van der Waals surface area contributed by atoms with Gasteiger partial charge in [0, 0.05) is 10.7 Å². The largest absolute Gasteiger partial charge is 0.324 e. The van der Waals surface area contributed by atoms with Crippen molar-refractivity contribution < 1.29 is 4.79 Å². The number of pyridine rings is 1. The van der Waals surface area contributed by atoms with E-state index in [4.69, 9.17) is 5.73 Å². The highest BCUT2D eigenvalue weighted by Gasteiger charge is 2.02. The zero-order valence-electron chi connectivity index (χ0n) is 5.75. The summed E-state index contributed by atoms with van der Waals surface area (Å²) in [6.07, 6.45) is 1.57. The second kappa shape index (κ2) is 3.59. The Bertz CT molecular complexity index is 258. The van der Waals surface area contributed by atoms with Gasteiger partial charge in [-0.15, -0.1) is 0 Å². The van der Waals surface area contributed by atoms with Crippen molar-refractivity contribution in [3.8, 4) is 0 Å². The first-order chi connectivity index (χ1) is 5.24. The first kappa shape index (κ1) is 8.36. The molecule has 0 aromatic carbocycles. The monoisotopic (exact) mass is 214 g/mol. The molecule has 0 bridgehead atoms. The van der Waals surface area contributed by atoms with Gasteiger partial charge >= 0.3 is 0 Å². The standard InChI is InChI=1S/C7H7BrN2O/c8-5-1-2-6(10-4-5)7(11)3-9/h1-2,4H,3,9H2. The van der Waals surface area contributed by atoms with Gasteiger partial charge in [0.1, 0.15) is 5.69 Å². The van der Waals surface area contributed by atoms with Crippen molar-refractivity contribution in [2.75, 3.05) is 6.54 Å². The van der Waals surface area contributed by atoms with Crippen molar-refractivity contribution in [3.05, 3.63) is 28.5 Å². The van der Waals surface area contributed by atoms with E-state index in [1.807, 2.05) is 0 Å². The second-order valence-corrected chi connectivity index (χ2v) is 2.90. The molecule has 0 saturated carbocycles. The SMILES string of the molecule is NCC(=O)c1ccc(Br)cn1. The van der Waals surface area contributed by atoms with Crippen LogP contribution in [0.15, 0.2) is 22.8 Å². The quantitative estimate of drug-likeness (QED) is 0.748. The zero-order chi connectivity index (χ0) is 8.27. The normalized spacial score (nSPS) is 9.64. The maximum atomic E-state index is 10.9. The molecule has 0 aliphatic carbocycles. The Labute approximate surface area is 72.7 Å². The van der Waals surface area contributed by atoms with Crippen molar-refractivity contribution in [2.24, 2.45) is 5.73 Å². The summed E-state index contributed by atoms with van der Waals surface area (Å²) < 4.78 is 0.853.